The molecule has 0 unspecified atom stereocenters. The first kappa shape index (κ1) is 13.0. The molecule has 0 N–H and O–H groups in total. The van der Waals surface area contributed by atoms with Crippen LogP contribution in [0.2, 0.25) is 0 Å². The lowest BCUT2D eigenvalue weighted by molar-refractivity contribution is 0.339. The first-order valence-corrected chi connectivity index (χ1v) is 6.96. The average molecular weight is 262 g/mol. The van der Waals surface area contributed by atoms with Gasteiger partial charge in [-0.3, -0.25) is 0 Å². The van der Waals surface area contributed by atoms with E-state index in [2.05, 4.69) is 37.0 Å². The average Bonchev–Trinajstić information content (AvgIpc) is 2.73. The standard InChI is InChI=1S/C14H18N2OS/c1-11-5-4-6-12(2)13(11)17-9-10-18-14-15-7-8-16(14)3/h4-8H,9-10H2,1-3H3. The lowest BCUT2D eigenvalue weighted by Crippen LogP contribution is -2.03. The van der Waals surface area contributed by atoms with E-state index in [1.54, 1.807) is 11.8 Å². The molecule has 0 amide bonds. The van der Waals surface area contributed by atoms with Crippen molar-refractivity contribution in [3.63, 3.8) is 0 Å². The fourth-order valence-electron chi connectivity index (χ4n) is 1.79. The number of aromatic nitrogens is 2. The second kappa shape index (κ2) is 5.96. The Morgan fingerprint density at radius 2 is 2.00 bits per heavy atom. The molecule has 1 aromatic heterocycles. The molecule has 0 fully saturated rings. The molecule has 0 saturated carbocycles. The second-order valence-electron chi connectivity index (χ2n) is 4.24. The summed E-state index contributed by atoms with van der Waals surface area (Å²) in [6.07, 6.45) is 3.77. The topological polar surface area (TPSA) is 27.1 Å². The highest BCUT2D eigenvalue weighted by molar-refractivity contribution is 7.99. The van der Waals surface area contributed by atoms with Gasteiger partial charge in [0.1, 0.15) is 5.75 Å². The molecule has 4 heteroatoms. The summed E-state index contributed by atoms with van der Waals surface area (Å²) >= 11 is 1.71. The third kappa shape index (κ3) is 3.07. The molecule has 96 valence electrons. The Morgan fingerprint density at radius 1 is 1.28 bits per heavy atom. The highest BCUT2D eigenvalue weighted by atomic mass is 32.2. The van der Waals surface area contributed by atoms with Gasteiger partial charge in [-0.25, -0.2) is 4.98 Å². The maximum Gasteiger partial charge on any atom is 0.167 e. The zero-order chi connectivity index (χ0) is 13.0. The molecule has 0 atom stereocenters. The molecule has 0 saturated heterocycles. The number of hydrogen-bond donors (Lipinski definition) is 0. The molecule has 1 heterocycles. The van der Waals surface area contributed by atoms with Crippen LogP contribution in [0.1, 0.15) is 11.1 Å². The number of benzene rings is 1. The van der Waals surface area contributed by atoms with Gasteiger partial charge in [-0.15, -0.1) is 0 Å². The van der Waals surface area contributed by atoms with E-state index in [9.17, 15) is 0 Å². The molecule has 0 aliphatic heterocycles. The summed E-state index contributed by atoms with van der Waals surface area (Å²) in [6, 6.07) is 6.21. The SMILES string of the molecule is Cc1cccc(C)c1OCCSc1nccn1C. The van der Waals surface area contributed by atoms with Crippen molar-refractivity contribution in [1.82, 2.24) is 9.55 Å². The van der Waals surface area contributed by atoms with E-state index < -0.39 is 0 Å². The van der Waals surface area contributed by atoms with Crippen LogP contribution in [0, 0.1) is 13.8 Å². The highest BCUT2D eigenvalue weighted by Crippen LogP contribution is 2.23. The van der Waals surface area contributed by atoms with E-state index >= 15 is 0 Å². The van der Waals surface area contributed by atoms with E-state index in [-0.39, 0.29) is 0 Å². The molecule has 0 spiro atoms. The monoisotopic (exact) mass is 262 g/mol. The van der Waals surface area contributed by atoms with Crippen molar-refractivity contribution >= 4 is 11.8 Å². The van der Waals surface area contributed by atoms with Crippen LogP contribution < -0.4 is 4.74 Å². The van der Waals surface area contributed by atoms with Gasteiger partial charge < -0.3 is 9.30 Å². The smallest absolute Gasteiger partial charge is 0.167 e. The Balaban J connectivity index is 1.84. The van der Waals surface area contributed by atoms with E-state index in [0.717, 1.165) is 16.7 Å². The number of para-hydroxylation sites is 1. The van der Waals surface area contributed by atoms with E-state index in [1.807, 2.05) is 24.0 Å². The van der Waals surface area contributed by atoms with Crippen molar-refractivity contribution in [3.05, 3.63) is 41.7 Å². The minimum Gasteiger partial charge on any atom is -0.492 e. The number of imidazole rings is 1. The number of hydrogen-bond acceptors (Lipinski definition) is 3. The Morgan fingerprint density at radius 3 is 2.61 bits per heavy atom. The van der Waals surface area contributed by atoms with Crippen molar-refractivity contribution in [2.45, 2.75) is 19.0 Å². The van der Waals surface area contributed by atoms with Crippen LogP contribution in [0.3, 0.4) is 0 Å². The van der Waals surface area contributed by atoms with Crippen LogP contribution in [-0.2, 0) is 7.05 Å². The number of ether oxygens (including phenoxy) is 1. The molecule has 2 aromatic rings. The van der Waals surface area contributed by atoms with Crippen molar-refractivity contribution < 1.29 is 4.74 Å². The summed E-state index contributed by atoms with van der Waals surface area (Å²) in [5, 5.41) is 1.03. The fourth-order valence-corrected chi connectivity index (χ4v) is 2.54. The minimum atomic E-state index is 0.698. The molecule has 0 aliphatic rings. The first-order valence-electron chi connectivity index (χ1n) is 5.97. The predicted octanol–water partition coefficient (Wildman–Crippen LogP) is 3.21. The van der Waals surface area contributed by atoms with Gasteiger partial charge in [0.05, 0.1) is 6.61 Å². The van der Waals surface area contributed by atoms with E-state index in [4.69, 9.17) is 4.74 Å². The van der Waals surface area contributed by atoms with Crippen LogP contribution in [-0.4, -0.2) is 21.9 Å². The maximum atomic E-state index is 5.85. The van der Waals surface area contributed by atoms with Gasteiger partial charge in [0, 0.05) is 25.2 Å². The quantitative estimate of drug-likeness (QED) is 0.611. The molecular formula is C14H18N2OS. The van der Waals surface area contributed by atoms with Gasteiger partial charge in [-0.1, -0.05) is 30.0 Å². The Hall–Kier alpha value is -1.42. The Bertz CT molecular complexity index is 502. The zero-order valence-corrected chi connectivity index (χ0v) is 11.8. The van der Waals surface area contributed by atoms with Crippen molar-refractivity contribution in [2.75, 3.05) is 12.4 Å². The molecule has 0 aliphatic carbocycles. The molecule has 18 heavy (non-hydrogen) atoms. The van der Waals surface area contributed by atoms with Crippen molar-refractivity contribution in [3.8, 4) is 5.75 Å². The van der Waals surface area contributed by atoms with Gasteiger partial charge >= 0.3 is 0 Å². The minimum absolute atomic E-state index is 0.698. The third-order valence-corrected chi connectivity index (χ3v) is 3.77. The molecule has 1 aromatic carbocycles. The number of aryl methyl sites for hydroxylation is 3. The first-order chi connectivity index (χ1) is 8.68. The Labute approximate surface area is 112 Å². The molecule has 2 rings (SSSR count). The fraction of sp³-hybridized carbons (Fsp3) is 0.357. The van der Waals surface area contributed by atoms with Gasteiger partial charge in [0.25, 0.3) is 0 Å². The summed E-state index contributed by atoms with van der Waals surface area (Å²) in [6.45, 7) is 4.85. The predicted molar refractivity (Wildman–Crippen MR) is 75.3 cm³/mol. The summed E-state index contributed by atoms with van der Waals surface area (Å²) in [7, 11) is 2.00. The lowest BCUT2D eigenvalue weighted by atomic mass is 10.1. The second-order valence-corrected chi connectivity index (χ2v) is 5.30. The molecular weight excluding hydrogens is 244 g/mol. The normalized spacial score (nSPS) is 10.6. The summed E-state index contributed by atoms with van der Waals surface area (Å²) in [4.78, 5) is 4.27. The third-order valence-electron chi connectivity index (χ3n) is 2.75. The van der Waals surface area contributed by atoms with Crippen LogP contribution in [0.15, 0.2) is 35.7 Å². The maximum absolute atomic E-state index is 5.85. The van der Waals surface area contributed by atoms with Gasteiger partial charge in [0.15, 0.2) is 5.16 Å². The lowest BCUT2D eigenvalue weighted by Gasteiger charge is -2.11. The zero-order valence-electron chi connectivity index (χ0n) is 11.0. The summed E-state index contributed by atoms with van der Waals surface area (Å²) in [5.41, 5.74) is 2.38. The van der Waals surface area contributed by atoms with Crippen molar-refractivity contribution in [2.24, 2.45) is 7.05 Å². The van der Waals surface area contributed by atoms with Gasteiger partial charge in [-0.2, -0.15) is 0 Å². The summed E-state index contributed by atoms with van der Waals surface area (Å²) in [5.74, 6) is 1.91. The number of rotatable bonds is 5. The summed E-state index contributed by atoms with van der Waals surface area (Å²) < 4.78 is 7.87. The largest absolute Gasteiger partial charge is 0.492 e. The molecule has 3 nitrogen and oxygen atoms in total. The Kier molecular flexibility index (Phi) is 4.31. The molecule has 0 radical (unpaired) electrons. The van der Waals surface area contributed by atoms with Gasteiger partial charge in [0.2, 0.25) is 0 Å². The van der Waals surface area contributed by atoms with Crippen LogP contribution in [0.25, 0.3) is 0 Å². The van der Waals surface area contributed by atoms with Crippen LogP contribution in [0.5, 0.6) is 5.75 Å². The van der Waals surface area contributed by atoms with E-state index in [1.165, 1.54) is 11.1 Å². The van der Waals surface area contributed by atoms with Crippen molar-refractivity contribution in [1.29, 1.82) is 0 Å². The van der Waals surface area contributed by atoms with Crippen LogP contribution in [0.4, 0.5) is 0 Å². The van der Waals surface area contributed by atoms with Gasteiger partial charge in [-0.05, 0) is 25.0 Å². The highest BCUT2D eigenvalue weighted by Gasteiger charge is 2.04. The van der Waals surface area contributed by atoms with Crippen LogP contribution >= 0.6 is 11.8 Å². The molecule has 0 bridgehead atoms. The number of thioether (sulfide) groups is 1. The van der Waals surface area contributed by atoms with E-state index in [0.29, 0.717) is 6.61 Å². The number of nitrogens with zero attached hydrogens (tertiary/aromatic N) is 2.